The van der Waals surface area contributed by atoms with Crippen LogP contribution < -0.4 is 20.7 Å². The van der Waals surface area contributed by atoms with Crippen LogP contribution in [0.5, 0.6) is 0 Å². The SMILES string of the molecule is C=CC1C[C@]1(NC(=O)[C@@H]1C[C@@H](OC(=O)Nc2cccc(C(F)(F)F)c2)CN1C(=O)[C@@H](NC(=O)OC(C)(C)C)C(C)(C)C)C(=O)NS(=O)(=O)C1CC1. The van der Waals surface area contributed by atoms with E-state index in [1.165, 1.54) is 12.1 Å². The van der Waals surface area contributed by atoms with Gasteiger partial charge in [0.05, 0.1) is 17.4 Å². The van der Waals surface area contributed by atoms with E-state index in [2.05, 4.69) is 22.5 Å². The van der Waals surface area contributed by atoms with Crippen molar-refractivity contribution in [3.63, 3.8) is 0 Å². The van der Waals surface area contributed by atoms with E-state index in [1.807, 2.05) is 4.72 Å². The van der Waals surface area contributed by atoms with Crippen LogP contribution in [0, 0.1) is 11.3 Å². The second kappa shape index (κ2) is 14.0. The Bertz CT molecular complexity index is 1680. The van der Waals surface area contributed by atoms with Gasteiger partial charge in [0.2, 0.25) is 21.8 Å². The van der Waals surface area contributed by atoms with Crippen LogP contribution in [0.15, 0.2) is 36.9 Å². The minimum atomic E-state index is -4.67. The molecule has 51 heavy (non-hydrogen) atoms. The number of sulfonamides is 1. The van der Waals surface area contributed by atoms with E-state index in [0.717, 1.165) is 17.0 Å². The first-order valence-electron chi connectivity index (χ1n) is 16.3. The second-order valence-corrected chi connectivity index (χ2v) is 17.1. The second-order valence-electron chi connectivity index (χ2n) is 15.1. The molecule has 4 rings (SSSR count). The molecule has 1 heterocycles. The fourth-order valence-electron chi connectivity index (χ4n) is 5.71. The molecule has 0 aromatic heterocycles. The van der Waals surface area contributed by atoms with Gasteiger partial charge < -0.3 is 25.0 Å². The van der Waals surface area contributed by atoms with Crippen molar-refractivity contribution in [1.82, 2.24) is 20.3 Å². The van der Waals surface area contributed by atoms with Gasteiger partial charge >= 0.3 is 18.4 Å². The van der Waals surface area contributed by atoms with Crippen molar-refractivity contribution >= 4 is 45.6 Å². The summed E-state index contributed by atoms with van der Waals surface area (Å²) in [6, 6.07) is 1.16. The third-order valence-corrected chi connectivity index (χ3v) is 10.4. The van der Waals surface area contributed by atoms with Gasteiger partial charge in [-0.2, -0.15) is 13.2 Å². The molecule has 5 atom stereocenters. The molecule has 0 bridgehead atoms. The van der Waals surface area contributed by atoms with Crippen LogP contribution in [0.3, 0.4) is 0 Å². The molecule has 1 aromatic rings. The van der Waals surface area contributed by atoms with Crippen molar-refractivity contribution in [2.24, 2.45) is 11.3 Å². The fraction of sp³-hybridized carbons (Fsp3) is 0.606. The zero-order chi connectivity index (χ0) is 38.3. The van der Waals surface area contributed by atoms with Crippen LogP contribution in [0.25, 0.3) is 0 Å². The Morgan fingerprint density at radius 1 is 1.04 bits per heavy atom. The van der Waals surface area contributed by atoms with E-state index in [-0.39, 0.29) is 25.1 Å². The van der Waals surface area contributed by atoms with Crippen LogP contribution in [0.4, 0.5) is 28.4 Å². The lowest BCUT2D eigenvalue weighted by Gasteiger charge is -2.36. The van der Waals surface area contributed by atoms with Crippen molar-refractivity contribution in [2.75, 3.05) is 11.9 Å². The first-order valence-corrected chi connectivity index (χ1v) is 17.9. The van der Waals surface area contributed by atoms with Gasteiger partial charge in [0, 0.05) is 18.0 Å². The Labute approximate surface area is 294 Å². The Balaban J connectivity index is 1.59. The number of likely N-dealkylation sites (tertiary alicyclic amines) is 1. The van der Waals surface area contributed by atoms with Gasteiger partial charge in [-0.25, -0.2) is 18.0 Å². The number of rotatable bonds is 10. The van der Waals surface area contributed by atoms with Crippen LogP contribution >= 0.6 is 0 Å². The molecule has 1 aliphatic heterocycles. The number of hydrogen-bond donors (Lipinski definition) is 4. The van der Waals surface area contributed by atoms with E-state index in [4.69, 9.17) is 9.47 Å². The lowest BCUT2D eigenvalue weighted by atomic mass is 9.85. The zero-order valence-electron chi connectivity index (χ0n) is 29.2. The number of hydrogen-bond acceptors (Lipinski definition) is 9. The number of carbonyl (C=O) groups is 5. The maximum Gasteiger partial charge on any atom is 0.416 e. The summed E-state index contributed by atoms with van der Waals surface area (Å²) in [6.07, 6.45) is -6.04. The third-order valence-electron chi connectivity index (χ3n) is 8.58. The summed E-state index contributed by atoms with van der Waals surface area (Å²) in [7, 11) is -3.98. The summed E-state index contributed by atoms with van der Waals surface area (Å²) in [5, 5.41) is 6.66. The first-order chi connectivity index (χ1) is 23.4. The van der Waals surface area contributed by atoms with Crippen LogP contribution in [-0.2, 0) is 40.1 Å². The summed E-state index contributed by atoms with van der Waals surface area (Å²) < 4.78 is 77.6. The summed E-state index contributed by atoms with van der Waals surface area (Å²) in [6.45, 7) is 13.2. The molecule has 1 aromatic carbocycles. The fourth-order valence-corrected chi connectivity index (χ4v) is 7.07. The molecule has 3 fully saturated rings. The molecule has 0 spiro atoms. The standard InChI is InChI=1S/C33H44F3N5O9S/c1-8-18-16-32(18,27(44)40-51(47,48)22-12-13-22)39-25(42)23-15-21(49-28(45)37-20-11-9-10-19(14-20)33(34,35)36)17-41(23)26(43)24(30(2,3)4)38-29(46)50-31(5,6)7/h8-11,14,18,21-24H,1,12-13,15-17H2,2-7H3,(H,37,45)(H,38,46)(H,39,42)(H,40,44)/t18?,21-,23+,24-,32-/m1/s1. The molecule has 4 N–H and O–H groups in total. The van der Waals surface area contributed by atoms with E-state index < -0.39 is 97.6 Å². The molecule has 0 radical (unpaired) electrons. The highest BCUT2D eigenvalue weighted by atomic mass is 32.2. The molecule has 282 valence electrons. The van der Waals surface area contributed by atoms with E-state index >= 15 is 0 Å². The lowest BCUT2D eigenvalue weighted by Crippen LogP contribution is -2.60. The maximum atomic E-state index is 14.2. The van der Waals surface area contributed by atoms with Gasteiger partial charge in [-0.05, 0) is 63.6 Å². The number of alkyl halides is 3. The van der Waals surface area contributed by atoms with E-state index in [0.29, 0.717) is 18.9 Å². The molecule has 1 unspecified atom stereocenters. The molecule has 3 aliphatic rings. The molecular weight excluding hydrogens is 699 g/mol. The minimum absolute atomic E-state index is 0.0269. The number of carbonyl (C=O) groups excluding carboxylic acids is 5. The normalized spacial score (nSPS) is 24.1. The highest BCUT2D eigenvalue weighted by Crippen LogP contribution is 2.45. The Morgan fingerprint density at radius 2 is 1.69 bits per heavy atom. The molecule has 2 saturated carbocycles. The van der Waals surface area contributed by atoms with E-state index in [1.54, 1.807) is 41.5 Å². The highest BCUT2D eigenvalue weighted by Gasteiger charge is 2.62. The van der Waals surface area contributed by atoms with Gasteiger partial charge in [-0.3, -0.25) is 24.4 Å². The monoisotopic (exact) mass is 743 g/mol. The summed E-state index contributed by atoms with van der Waals surface area (Å²) in [5.74, 6) is -3.23. The van der Waals surface area contributed by atoms with Crippen LogP contribution in [0.2, 0.25) is 0 Å². The lowest BCUT2D eigenvalue weighted by molar-refractivity contribution is -0.143. The number of alkyl carbamates (subject to hydrolysis) is 1. The Hall–Kier alpha value is -4.35. The maximum absolute atomic E-state index is 14.2. The number of nitrogens with zero attached hydrogens (tertiary/aromatic N) is 1. The van der Waals surface area contributed by atoms with E-state index in [9.17, 15) is 45.6 Å². The summed E-state index contributed by atoms with van der Waals surface area (Å²) in [4.78, 5) is 68.2. The smallest absolute Gasteiger partial charge is 0.416 e. The quantitative estimate of drug-likeness (QED) is 0.258. The average molecular weight is 744 g/mol. The number of halogens is 3. The molecule has 18 heteroatoms. The predicted molar refractivity (Wildman–Crippen MR) is 177 cm³/mol. The van der Waals surface area contributed by atoms with Gasteiger partial charge in [-0.15, -0.1) is 6.58 Å². The molecular formula is C33H44F3N5O9S. The molecule has 5 amide bonds. The third kappa shape index (κ3) is 9.71. The van der Waals surface area contributed by atoms with Gasteiger partial charge in [0.1, 0.15) is 29.3 Å². The van der Waals surface area contributed by atoms with Crippen molar-refractivity contribution in [3.8, 4) is 0 Å². The summed E-state index contributed by atoms with van der Waals surface area (Å²) in [5.41, 5.74) is -4.78. The number of ether oxygens (including phenoxy) is 2. The van der Waals surface area contributed by atoms with Gasteiger partial charge in [-0.1, -0.05) is 32.9 Å². The van der Waals surface area contributed by atoms with Crippen molar-refractivity contribution in [2.45, 2.75) is 108 Å². The van der Waals surface area contributed by atoms with Crippen molar-refractivity contribution in [3.05, 3.63) is 42.5 Å². The van der Waals surface area contributed by atoms with Crippen LogP contribution in [0.1, 0.15) is 72.8 Å². The van der Waals surface area contributed by atoms with Crippen molar-refractivity contribution < 1.29 is 55.0 Å². The average Bonchev–Trinajstić information content (AvgIpc) is 3.90. The van der Waals surface area contributed by atoms with Crippen molar-refractivity contribution in [1.29, 1.82) is 0 Å². The Kier molecular flexibility index (Phi) is 10.8. The van der Waals surface area contributed by atoms with Gasteiger partial charge in [0.25, 0.3) is 5.91 Å². The number of benzene rings is 1. The minimum Gasteiger partial charge on any atom is -0.444 e. The number of anilines is 1. The van der Waals surface area contributed by atoms with Gasteiger partial charge in [0.15, 0.2) is 0 Å². The largest absolute Gasteiger partial charge is 0.444 e. The molecule has 2 aliphatic carbocycles. The zero-order valence-corrected chi connectivity index (χ0v) is 30.0. The van der Waals surface area contributed by atoms with Crippen LogP contribution in [-0.4, -0.2) is 84.3 Å². The molecule has 14 nitrogen and oxygen atoms in total. The number of amides is 5. The topological polar surface area (TPSA) is 189 Å². The number of nitrogens with one attached hydrogen (secondary N) is 4. The summed E-state index contributed by atoms with van der Waals surface area (Å²) >= 11 is 0. The first kappa shape index (κ1) is 39.4. The predicted octanol–water partition coefficient (Wildman–Crippen LogP) is 3.83. The Morgan fingerprint density at radius 3 is 2.22 bits per heavy atom. The highest BCUT2D eigenvalue weighted by molar-refractivity contribution is 7.91. The molecule has 1 saturated heterocycles.